The van der Waals surface area contributed by atoms with E-state index in [4.69, 9.17) is 4.74 Å². The van der Waals surface area contributed by atoms with Crippen molar-refractivity contribution in [3.05, 3.63) is 30.3 Å². The first kappa shape index (κ1) is 18.3. The van der Waals surface area contributed by atoms with Gasteiger partial charge in [0.2, 0.25) is 0 Å². The fourth-order valence-corrected chi connectivity index (χ4v) is 5.36. The Bertz CT molecular complexity index is 544. The van der Waals surface area contributed by atoms with Gasteiger partial charge in [0.1, 0.15) is 0 Å². The van der Waals surface area contributed by atoms with Crippen LogP contribution in [-0.2, 0) is 4.74 Å². The first-order chi connectivity index (χ1) is 12.8. The van der Waals surface area contributed by atoms with Crippen molar-refractivity contribution in [1.29, 1.82) is 0 Å². The SMILES string of the molecule is O[C@@H](COCC[C@@H]1C[C@@H]2CC[C@@H]1C2)CN1CCN(c2ccccc2)CC1. The summed E-state index contributed by atoms with van der Waals surface area (Å²) in [4.78, 5) is 4.79. The fraction of sp³-hybridized carbons (Fsp3) is 0.727. The molecule has 1 aromatic rings. The molecular formula is C22H34N2O2. The normalized spacial score (nSPS) is 30.0. The van der Waals surface area contributed by atoms with E-state index in [9.17, 15) is 5.11 Å². The average Bonchev–Trinajstić information content (AvgIpc) is 3.30. The number of piperazine rings is 1. The van der Waals surface area contributed by atoms with E-state index in [2.05, 4.69) is 40.1 Å². The maximum absolute atomic E-state index is 10.3. The van der Waals surface area contributed by atoms with Crippen molar-refractivity contribution in [2.24, 2.45) is 17.8 Å². The Morgan fingerprint density at radius 2 is 1.85 bits per heavy atom. The Balaban J connectivity index is 1.09. The molecule has 0 aromatic heterocycles. The molecule has 4 rings (SSSR count). The van der Waals surface area contributed by atoms with E-state index >= 15 is 0 Å². The minimum absolute atomic E-state index is 0.363. The highest BCUT2D eigenvalue weighted by Crippen LogP contribution is 2.49. The van der Waals surface area contributed by atoms with Crippen molar-refractivity contribution in [3.63, 3.8) is 0 Å². The van der Waals surface area contributed by atoms with Crippen molar-refractivity contribution in [1.82, 2.24) is 4.90 Å². The predicted octanol–water partition coefficient (Wildman–Crippen LogP) is 3.01. The van der Waals surface area contributed by atoms with Crippen molar-refractivity contribution in [2.75, 3.05) is 50.8 Å². The van der Waals surface area contributed by atoms with Gasteiger partial charge in [0, 0.05) is 45.0 Å². The zero-order valence-corrected chi connectivity index (χ0v) is 15.9. The van der Waals surface area contributed by atoms with Gasteiger partial charge in [-0.2, -0.15) is 0 Å². The van der Waals surface area contributed by atoms with Gasteiger partial charge in [-0.25, -0.2) is 0 Å². The summed E-state index contributed by atoms with van der Waals surface area (Å²) < 4.78 is 5.81. The molecule has 0 spiro atoms. The van der Waals surface area contributed by atoms with E-state index < -0.39 is 0 Å². The minimum atomic E-state index is -0.363. The van der Waals surface area contributed by atoms with E-state index in [-0.39, 0.29) is 6.10 Å². The van der Waals surface area contributed by atoms with Crippen LogP contribution in [0.3, 0.4) is 0 Å². The summed E-state index contributed by atoms with van der Waals surface area (Å²) in [6.45, 7) is 6.13. The number of benzene rings is 1. The summed E-state index contributed by atoms with van der Waals surface area (Å²) in [5, 5.41) is 10.3. The molecule has 0 unspecified atom stereocenters. The standard InChI is InChI=1S/C22H34N2O2/c25-22(17-26-13-8-20-15-18-6-7-19(20)14-18)16-23-9-11-24(12-10-23)21-4-2-1-3-5-21/h1-5,18-20,22,25H,6-17H2/t18-,19-,20-,22-/m1/s1. The van der Waals surface area contributed by atoms with E-state index in [0.717, 1.165) is 57.1 Å². The zero-order chi connectivity index (χ0) is 17.8. The number of para-hydroxylation sites is 1. The van der Waals surface area contributed by atoms with Gasteiger partial charge in [-0.15, -0.1) is 0 Å². The molecule has 144 valence electrons. The average molecular weight is 359 g/mol. The molecule has 3 fully saturated rings. The number of anilines is 1. The predicted molar refractivity (Wildman–Crippen MR) is 105 cm³/mol. The lowest BCUT2D eigenvalue weighted by atomic mass is 9.87. The van der Waals surface area contributed by atoms with Crippen molar-refractivity contribution >= 4 is 5.69 Å². The van der Waals surface area contributed by atoms with Crippen LogP contribution >= 0.6 is 0 Å². The maximum atomic E-state index is 10.3. The summed E-state index contributed by atoms with van der Waals surface area (Å²) in [6, 6.07) is 10.6. The van der Waals surface area contributed by atoms with Crippen LogP contribution in [0, 0.1) is 17.8 Å². The van der Waals surface area contributed by atoms with Gasteiger partial charge in [-0.05, 0) is 55.6 Å². The topological polar surface area (TPSA) is 35.9 Å². The molecule has 2 saturated carbocycles. The Kier molecular flexibility index (Phi) is 6.13. The number of aliphatic hydroxyl groups is 1. The molecule has 4 atom stereocenters. The van der Waals surface area contributed by atoms with Crippen LogP contribution in [0.15, 0.2) is 30.3 Å². The second-order valence-corrected chi connectivity index (χ2v) is 8.58. The monoisotopic (exact) mass is 358 g/mol. The number of hydrogen-bond acceptors (Lipinski definition) is 4. The first-order valence-corrected chi connectivity index (χ1v) is 10.6. The van der Waals surface area contributed by atoms with Crippen molar-refractivity contribution < 1.29 is 9.84 Å². The third kappa shape index (κ3) is 4.59. The Labute approximate surface area is 158 Å². The molecular weight excluding hydrogens is 324 g/mol. The molecule has 26 heavy (non-hydrogen) atoms. The molecule has 0 amide bonds. The zero-order valence-electron chi connectivity index (χ0n) is 15.9. The molecule has 2 bridgehead atoms. The van der Waals surface area contributed by atoms with Gasteiger partial charge in [0.05, 0.1) is 12.7 Å². The quantitative estimate of drug-likeness (QED) is 0.725. The van der Waals surface area contributed by atoms with E-state index in [1.54, 1.807) is 0 Å². The highest BCUT2D eigenvalue weighted by molar-refractivity contribution is 5.46. The van der Waals surface area contributed by atoms with Crippen LogP contribution < -0.4 is 4.90 Å². The van der Waals surface area contributed by atoms with Crippen molar-refractivity contribution in [2.45, 2.75) is 38.2 Å². The maximum Gasteiger partial charge on any atom is 0.0900 e. The lowest BCUT2D eigenvalue weighted by molar-refractivity contribution is 0.0100. The van der Waals surface area contributed by atoms with Crippen LogP contribution in [0.5, 0.6) is 0 Å². The molecule has 1 heterocycles. The van der Waals surface area contributed by atoms with Crippen LogP contribution in [0.25, 0.3) is 0 Å². The molecule has 2 aliphatic carbocycles. The van der Waals surface area contributed by atoms with E-state index in [1.807, 2.05) is 0 Å². The van der Waals surface area contributed by atoms with E-state index in [1.165, 1.54) is 37.8 Å². The summed E-state index contributed by atoms with van der Waals surface area (Å²) >= 11 is 0. The number of nitrogens with zero attached hydrogens (tertiary/aromatic N) is 2. The summed E-state index contributed by atoms with van der Waals surface area (Å²) in [6.07, 6.45) is 6.66. The molecule has 1 saturated heterocycles. The lowest BCUT2D eigenvalue weighted by Crippen LogP contribution is -2.49. The number of ether oxygens (including phenoxy) is 1. The van der Waals surface area contributed by atoms with Gasteiger partial charge in [0.25, 0.3) is 0 Å². The second kappa shape index (κ2) is 8.73. The number of hydrogen-bond donors (Lipinski definition) is 1. The van der Waals surface area contributed by atoms with Gasteiger partial charge in [-0.3, -0.25) is 4.90 Å². The second-order valence-electron chi connectivity index (χ2n) is 8.58. The van der Waals surface area contributed by atoms with Gasteiger partial charge in [0.15, 0.2) is 0 Å². The third-order valence-electron chi connectivity index (χ3n) is 6.79. The van der Waals surface area contributed by atoms with Crippen LogP contribution in [0.4, 0.5) is 5.69 Å². The van der Waals surface area contributed by atoms with Gasteiger partial charge < -0.3 is 14.7 Å². The largest absolute Gasteiger partial charge is 0.389 e. The number of fused-ring (bicyclic) bond motifs is 2. The number of rotatable bonds is 8. The first-order valence-electron chi connectivity index (χ1n) is 10.6. The number of aliphatic hydroxyl groups excluding tert-OH is 1. The van der Waals surface area contributed by atoms with Gasteiger partial charge >= 0.3 is 0 Å². The highest BCUT2D eigenvalue weighted by atomic mass is 16.5. The minimum Gasteiger partial charge on any atom is -0.389 e. The van der Waals surface area contributed by atoms with Gasteiger partial charge in [-0.1, -0.05) is 24.6 Å². The molecule has 3 aliphatic rings. The number of β-amino-alcohol motifs (C(OH)–C–C–N with tert-alkyl or cyclic N) is 1. The summed E-state index contributed by atoms with van der Waals surface area (Å²) in [5.41, 5.74) is 1.30. The Morgan fingerprint density at radius 3 is 2.54 bits per heavy atom. The molecule has 4 nitrogen and oxygen atoms in total. The highest BCUT2D eigenvalue weighted by Gasteiger charge is 2.38. The van der Waals surface area contributed by atoms with Crippen LogP contribution in [-0.4, -0.2) is 62.0 Å². The summed E-state index contributed by atoms with van der Waals surface area (Å²) in [7, 11) is 0. The smallest absolute Gasteiger partial charge is 0.0900 e. The molecule has 1 N–H and O–H groups in total. The van der Waals surface area contributed by atoms with Crippen LogP contribution in [0.2, 0.25) is 0 Å². The fourth-order valence-electron chi connectivity index (χ4n) is 5.36. The molecule has 4 heteroatoms. The molecule has 0 radical (unpaired) electrons. The molecule has 1 aromatic carbocycles. The third-order valence-corrected chi connectivity index (χ3v) is 6.79. The summed E-state index contributed by atoms with van der Waals surface area (Å²) in [5.74, 6) is 2.90. The molecule has 1 aliphatic heterocycles. The lowest BCUT2D eigenvalue weighted by Gasteiger charge is -2.36. The van der Waals surface area contributed by atoms with E-state index in [0.29, 0.717) is 6.61 Å². The Hall–Kier alpha value is -1.10. The Morgan fingerprint density at radius 1 is 1.04 bits per heavy atom. The van der Waals surface area contributed by atoms with Crippen molar-refractivity contribution in [3.8, 4) is 0 Å². The van der Waals surface area contributed by atoms with Crippen LogP contribution in [0.1, 0.15) is 32.1 Å².